The zero-order chi connectivity index (χ0) is 28.2. The van der Waals surface area contributed by atoms with E-state index in [-0.39, 0.29) is 35.6 Å². The van der Waals surface area contributed by atoms with Gasteiger partial charge in [0.2, 0.25) is 11.8 Å². The fourth-order valence-electron chi connectivity index (χ4n) is 6.25. The molecule has 3 N–H and O–H groups in total. The molecule has 1 fully saturated rings. The number of hydrogen-bond donors (Lipinski definition) is 1. The normalized spacial score (nSPS) is 22.9. The second kappa shape index (κ2) is 14.7. The van der Waals surface area contributed by atoms with E-state index in [1.54, 1.807) is 18.9 Å². The van der Waals surface area contributed by atoms with Crippen LogP contribution in [-0.2, 0) is 15.1 Å². The Bertz CT molecular complexity index is 1260. The molecule has 1 heterocycles. The van der Waals surface area contributed by atoms with Gasteiger partial charge in [0.05, 0.1) is 10.0 Å². The van der Waals surface area contributed by atoms with E-state index in [1.807, 2.05) is 55.6 Å². The maximum atomic E-state index is 14.1. The fourth-order valence-corrected chi connectivity index (χ4v) is 6.55. The van der Waals surface area contributed by atoms with Gasteiger partial charge in [-0.25, -0.2) is 0 Å². The predicted octanol–water partition coefficient (Wildman–Crippen LogP) is 6.31. The third-order valence-corrected chi connectivity index (χ3v) is 9.12. The number of carbonyl (C=O) groups is 2. The molecule has 224 valence electrons. The van der Waals surface area contributed by atoms with Crippen LogP contribution in [0, 0.1) is 0 Å². The highest BCUT2D eigenvalue weighted by Gasteiger charge is 2.52. The molecule has 0 saturated carbocycles. The van der Waals surface area contributed by atoms with Gasteiger partial charge in [-0.3, -0.25) is 14.5 Å². The fraction of sp³-hybridized carbons (Fsp3) is 0.438. The number of piperidine rings is 1. The van der Waals surface area contributed by atoms with Gasteiger partial charge in [0, 0.05) is 26.9 Å². The van der Waals surface area contributed by atoms with Crippen molar-refractivity contribution in [3.05, 3.63) is 93.5 Å². The number of nitrogens with one attached hydrogen (secondary N) is 1. The van der Waals surface area contributed by atoms with Crippen LogP contribution in [0.1, 0.15) is 63.0 Å². The minimum atomic E-state index is -1.00. The second-order valence-corrected chi connectivity index (χ2v) is 11.4. The van der Waals surface area contributed by atoms with Gasteiger partial charge in [-0.2, -0.15) is 0 Å². The van der Waals surface area contributed by atoms with Crippen molar-refractivity contribution >= 4 is 47.4 Å². The van der Waals surface area contributed by atoms with E-state index in [0.29, 0.717) is 10.0 Å². The average molecular weight is 623 g/mol. The van der Waals surface area contributed by atoms with Gasteiger partial charge >= 0.3 is 0 Å². The highest BCUT2D eigenvalue weighted by atomic mass is 35.5. The first-order chi connectivity index (χ1) is 18.7. The van der Waals surface area contributed by atoms with Crippen molar-refractivity contribution in [1.82, 2.24) is 15.1 Å². The van der Waals surface area contributed by atoms with Gasteiger partial charge in [-0.05, 0) is 67.3 Å². The highest BCUT2D eigenvalue weighted by Crippen LogP contribution is 2.49. The van der Waals surface area contributed by atoms with E-state index in [9.17, 15) is 9.59 Å². The van der Waals surface area contributed by atoms with Gasteiger partial charge in [-0.1, -0.05) is 91.5 Å². The summed E-state index contributed by atoms with van der Waals surface area (Å²) >= 11 is 12.9. The van der Waals surface area contributed by atoms with Crippen molar-refractivity contribution in [2.24, 2.45) is 0 Å². The van der Waals surface area contributed by atoms with E-state index in [1.165, 1.54) is 0 Å². The van der Waals surface area contributed by atoms with Gasteiger partial charge in [0.15, 0.2) is 0 Å². The van der Waals surface area contributed by atoms with Gasteiger partial charge in [0.25, 0.3) is 0 Å². The lowest BCUT2D eigenvalue weighted by atomic mass is 9.67. The number of amides is 2. The molecule has 1 aliphatic carbocycles. The monoisotopic (exact) mass is 621 g/mol. The van der Waals surface area contributed by atoms with Crippen molar-refractivity contribution in [1.29, 1.82) is 0 Å². The van der Waals surface area contributed by atoms with E-state index < -0.39 is 11.1 Å². The predicted molar refractivity (Wildman–Crippen MR) is 171 cm³/mol. The number of hydrogen-bond acceptors (Lipinski definition) is 3. The van der Waals surface area contributed by atoms with E-state index in [4.69, 9.17) is 23.2 Å². The summed E-state index contributed by atoms with van der Waals surface area (Å²) in [5, 5.41) is 3.97. The Hall–Kier alpha value is -2.35. The molecule has 2 aromatic carbocycles. The minimum Gasteiger partial charge on any atom is -0.412 e. The molecule has 4 rings (SSSR count). The smallest absolute Gasteiger partial charge is 0.248 e. The zero-order valence-electron chi connectivity index (χ0n) is 24.3. The average Bonchev–Trinajstić information content (AvgIpc) is 2.97. The molecule has 2 aromatic rings. The van der Waals surface area contributed by atoms with Crippen molar-refractivity contribution < 1.29 is 15.1 Å². The number of benzene rings is 2. The summed E-state index contributed by atoms with van der Waals surface area (Å²) < 4.78 is 0. The van der Waals surface area contributed by atoms with Gasteiger partial charge in [0.1, 0.15) is 11.1 Å². The Morgan fingerprint density at radius 1 is 1.02 bits per heavy atom. The second-order valence-electron chi connectivity index (χ2n) is 10.6. The number of carbonyl (C=O) groups excluding carboxylic acids is 2. The van der Waals surface area contributed by atoms with E-state index >= 15 is 0 Å². The van der Waals surface area contributed by atoms with Crippen LogP contribution in [0.2, 0.25) is 10.0 Å². The zero-order valence-corrected chi connectivity index (χ0v) is 26.6. The lowest BCUT2D eigenvalue weighted by Gasteiger charge is -2.51. The van der Waals surface area contributed by atoms with Crippen LogP contribution in [0.5, 0.6) is 0 Å². The summed E-state index contributed by atoms with van der Waals surface area (Å²) in [4.78, 5) is 31.2. The van der Waals surface area contributed by atoms with Crippen molar-refractivity contribution in [3.8, 4) is 0 Å². The Kier molecular flexibility index (Phi) is 12.5. The summed E-state index contributed by atoms with van der Waals surface area (Å²) in [6.45, 7) is 5.37. The van der Waals surface area contributed by atoms with Crippen LogP contribution in [0.4, 0.5) is 0 Å². The van der Waals surface area contributed by atoms with Crippen LogP contribution < -0.4 is 5.32 Å². The van der Waals surface area contributed by atoms with E-state index in [0.717, 1.165) is 61.9 Å². The molecule has 2 aliphatic rings. The molecule has 1 saturated heterocycles. The number of rotatable bonds is 8. The van der Waals surface area contributed by atoms with Gasteiger partial charge in [-0.15, -0.1) is 12.4 Å². The molecule has 0 bridgehead atoms. The third-order valence-electron chi connectivity index (χ3n) is 8.38. The number of likely N-dealkylation sites (N-methyl/N-ethyl adjacent to an activating group) is 2. The Balaban J connectivity index is 0.00000294. The molecule has 3 unspecified atom stereocenters. The van der Waals surface area contributed by atoms with Crippen LogP contribution in [0.25, 0.3) is 0 Å². The molecule has 0 aromatic heterocycles. The topological polar surface area (TPSA) is 84.2 Å². The largest absolute Gasteiger partial charge is 0.412 e. The molecule has 3 atom stereocenters. The molecule has 9 heteroatoms. The van der Waals surface area contributed by atoms with E-state index in [2.05, 4.69) is 35.4 Å². The molecule has 0 spiro atoms. The summed E-state index contributed by atoms with van der Waals surface area (Å²) in [5.74, 6) is -0.260. The number of halogens is 3. The summed E-state index contributed by atoms with van der Waals surface area (Å²) in [6, 6.07) is 15.8. The van der Waals surface area contributed by atoms with Crippen molar-refractivity contribution in [3.63, 3.8) is 0 Å². The summed E-state index contributed by atoms with van der Waals surface area (Å²) in [5.41, 5.74) is 1.06. The van der Waals surface area contributed by atoms with Crippen LogP contribution >= 0.6 is 35.6 Å². The number of likely N-dealkylation sites (tertiary alicyclic amines) is 1. The standard InChI is InChI=1S/C32H39Cl2N3O2.ClH.H2O/c1-5-12-26(24-15-16-28(33)29(34)21-24)27-22-31(36(4)23(2)38,25-13-8-6-9-14-25)17-18-32(27,30(39)35-3)37-19-10-7-11-20-37;;/h6,8-9,13-18,21-22,26H,5,7,10-12,19-20H2,1-4H3,(H,35,39);1H;1H2. The summed E-state index contributed by atoms with van der Waals surface area (Å²) in [7, 11) is 3.53. The Morgan fingerprint density at radius 2 is 1.68 bits per heavy atom. The minimum absolute atomic E-state index is 0. The number of nitrogens with zero attached hydrogens (tertiary/aromatic N) is 2. The maximum Gasteiger partial charge on any atom is 0.248 e. The highest BCUT2D eigenvalue weighted by molar-refractivity contribution is 6.42. The molecule has 0 radical (unpaired) electrons. The first-order valence-corrected chi connectivity index (χ1v) is 14.6. The maximum absolute atomic E-state index is 14.1. The van der Waals surface area contributed by atoms with Crippen LogP contribution in [-0.4, -0.2) is 59.8 Å². The molecular formula is C32H42Cl3N3O3. The lowest BCUT2D eigenvalue weighted by Crippen LogP contribution is -2.62. The van der Waals surface area contributed by atoms with Crippen molar-refractivity contribution in [2.75, 3.05) is 27.2 Å². The Labute approximate surface area is 260 Å². The van der Waals surface area contributed by atoms with Crippen LogP contribution in [0.3, 0.4) is 0 Å². The Morgan fingerprint density at radius 3 is 2.24 bits per heavy atom. The molecule has 2 amide bonds. The molecule has 1 aliphatic heterocycles. The van der Waals surface area contributed by atoms with Gasteiger partial charge < -0.3 is 15.7 Å². The third kappa shape index (κ3) is 6.52. The molecule has 41 heavy (non-hydrogen) atoms. The quantitative estimate of drug-likeness (QED) is 0.350. The first kappa shape index (κ1) is 34.8. The molecular weight excluding hydrogens is 581 g/mol. The van der Waals surface area contributed by atoms with Crippen molar-refractivity contribution in [2.45, 2.75) is 62.9 Å². The molecule has 6 nitrogen and oxygen atoms in total. The lowest BCUT2D eigenvalue weighted by molar-refractivity contribution is -0.131. The first-order valence-electron chi connectivity index (χ1n) is 13.9. The van der Waals surface area contributed by atoms with Crippen LogP contribution in [0.15, 0.2) is 72.3 Å². The SMILES string of the molecule is CCCC(C1=CC(c2ccccc2)(N(C)C(C)=O)C=CC1(C(=O)NC)N1CCCCC1)c1ccc(Cl)c(Cl)c1.Cl.O. The summed E-state index contributed by atoms with van der Waals surface area (Å²) in [6.07, 6.45) is 11.2.